The fraction of sp³-hybridized carbons (Fsp3) is 0.611. The maximum Gasteiger partial charge on any atom is 0.286 e. The Balaban J connectivity index is 2.20. The molecule has 1 aromatic rings. The fourth-order valence-corrected chi connectivity index (χ4v) is 2.99. The molecule has 1 saturated heterocycles. The summed E-state index contributed by atoms with van der Waals surface area (Å²) in [5, 5.41) is 17.6. The Morgan fingerprint density at radius 1 is 1.26 bits per heavy atom. The zero-order valence-corrected chi connectivity index (χ0v) is 16.0. The van der Waals surface area contributed by atoms with Crippen molar-refractivity contribution >= 4 is 11.6 Å². The summed E-state index contributed by atoms with van der Waals surface area (Å²) >= 11 is 0. The van der Waals surface area contributed by atoms with E-state index in [9.17, 15) is 14.9 Å². The first-order valence-electron chi connectivity index (χ1n) is 8.87. The molecule has 0 aromatic heterocycles. The Labute approximate surface area is 158 Å². The summed E-state index contributed by atoms with van der Waals surface area (Å²) in [5.74, 6) is -0.0405. The van der Waals surface area contributed by atoms with Crippen molar-refractivity contribution in [2.75, 3.05) is 47.1 Å². The summed E-state index contributed by atoms with van der Waals surface area (Å²) in [4.78, 5) is 23.5. The molecule has 0 unspecified atom stereocenters. The highest BCUT2D eigenvalue weighted by Crippen LogP contribution is 2.35. The van der Waals surface area contributed by atoms with E-state index in [2.05, 4.69) is 17.6 Å². The molecule has 0 atom stereocenters. The molecule has 2 N–H and O–H groups in total. The highest BCUT2D eigenvalue weighted by molar-refractivity contribution is 5.99. The second-order valence-corrected chi connectivity index (χ2v) is 6.86. The molecule has 1 aliphatic heterocycles. The van der Waals surface area contributed by atoms with Gasteiger partial charge in [0.1, 0.15) is 12.2 Å². The molecular formula is C18H27N3O6. The molecule has 0 aliphatic carbocycles. The summed E-state index contributed by atoms with van der Waals surface area (Å²) in [6, 6.07) is 2.57. The van der Waals surface area contributed by atoms with E-state index in [1.165, 1.54) is 26.4 Å². The van der Waals surface area contributed by atoms with Crippen molar-refractivity contribution in [2.45, 2.75) is 19.8 Å². The van der Waals surface area contributed by atoms with E-state index in [0.29, 0.717) is 13.2 Å². The monoisotopic (exact) mass is 381 g/mol. The number of nitro benzene ring substituents is 1. The standard InChI is InChI=1S/C18H27N3O6/c1-18(4-6-19-7-5-18)12-20-17(22)13-10-15(26-3)16(27-9-8-25-2)11-14(13)21(23)24/h10-11,19H,4-9,12H2,1-3H3,(H,20,22). The Kier molecular flexibility index (Phi) is 7.37. The van der Waals surface area contributed by atoms with Gasteiger partial charge in [-0.05, 0) is 31.3 Å². The number of methoxy groups -OCH3 is 2. The number of nitrogens with one attached hydrogen (secondary N) is 2. The lowest BCUT2D eigenvalue weighted by atomic mass is 9.81. The van der Waals surface area contributed by atoms with Crippen LogP contribution in [0.15, 0.2) is 12.1 Å². The van der Waals surface area contributed by atoms with E-state index in [1.807, 2.05) is 0 Å². The van der Waals surface area contributed by atoms with E-state index < -0.39 is 10.8 Å². The van der Waals surface area contributed by atoms with Crippen LogP contribution in [-0.4, -0.2) is 57.9 Å². The molecule has 1 fully saturated rings. The summed E-state index contributed by atoms with van der Waals surface area (Å²) in [6.45, 7) is 4.89. The SMILES string of the molecule is COCCOc1cc([N+](=O)[O-])c(C(=O)NCC2(C)CCNCC2)cc1OC. The Bertz CT molecular complexity index is 673. The minimum Gasteiger partial charge on any atom is -0.493 e. The molecule has 1 heterocycles. The van der Waals surface area contributed by atoms with Gasteiger partial charge in [-0.2, -0.15) is 0 Å². The second-order valence-electron chi connectivity index (χ2n) is 6.86. The lowest BCUT2D eigenvalue weighted by Gasteiger charge is -2.34. The molecule has 0 saturated carbocycles. The average molecular weight is 381 g/mol. The van der Waals surface area contributed by atoms with Crippen molar-refractivity contribution < 1.29 is 23.9 Å². The second kappa shape index (κ2) is 9.52. The third kappa shape index (κ3) is 5.54. The third-order valence-corrected chi connectivity index (χ3v) is 4.75. The summed E-state index contributed by atoms with van der Waals surface area (Å²) in [7, 11) is 2.95. The zero-order valence-electron chi connectivity index (χ0n) is 16.0. The van der Waals surface area contributed by atoms with Crippen LogP contribution in [0.2, 0.25) is 0 Å². The molecule has 1 aromatic carbocycles. The molecule has 1 aliphatic rings. The van der Waals surface area contributed by atoms with Crippen LogP contribution in [0.5, 0.6) is 11.5 Å². The molecule has 0 spiro atoms. The highest BCUT2D eigenvalue weighted by atomic mass is 16.6. The van der Waals surface area contributed by atoms with Crippen LogP contribution in [0.1, 0.15) is 30.1 Å². The number of piperidine rings is 1. The molecular weight excluding hydrogens is 354 g/mol. The van der Waals surface area contributed by atoms with Crippen LogP contribution < -0.4 is 20.1 Å². The Morgan fingerprint density at radius 3 is 2.56 bits per heavy atom. The van der Waals surface area contributed by atoms with Crippen LogP contribution in [0.4, 0.5) is 5.69 Å². The van der Waals surface area contributed by atoms with E-state index in [0.717, 1.165) is 25.9 Å². The van der Waals surface area contributed by atoms with Gasteiger partial charge in [-0.25, -0.2) is 0 Å². The van der Waals surface area contributed by atoms with Gasteiger partial charge < -0.3 is 24.8 Å². The van der Waals surface area contributed by atoms with Crippen molar-refractivity contribution in [2.24, 2.45) is 5.41 Å². The minimum atomic E-state index is -0.593. The first kappa shape index (κ1) is 20.9. The molecule has 0 radical (unpaired) electrons. The topological polar surface area (TPSA) is 112 Å². The molecule has 27 heavy (non-hydrogen) atoms. The fourth-order valence-electron chi connectivity index (χ4n) is 2.99. The third-order valence-electron chi connectivity index (χ3n) is 4.75. The number of carbonyl (C=O) groups excluding carboxylic acids is 1. The molecule has 9 nitrogen and oxygen atoms in total. The number of nitrogens with zero attached hydrogens (tertiary/aromatic N) is 1. The lowest BCUT2D eigenvalue weighted by Crippen LogP contribution is -2.43. The maximum absolute atomic E-state index is 12.6. The van der Waals surface area contributed by atoms with Gasteiger partial charge >= 0.3 is 0 Å². The number of carbonyl (C=O) groups is 1. The number of rotatable bonds is 9. The molecule has 9 heteroatoms. The lowest BCUT2D eigenvalue weighted by molar-refractivity contribution is -0.385. The van der Waals surface area contributed by atoms with Crippen molar-refractivity contribution in [3.63, 3.8) is 0 Å². The Hall–Kier alpha value is -2.39. The van der Waals surface area contributed by atoms with Crippen LogP contribution in [0, 0.1) is 15.5 Å². The van der Waals surface area contributed by atoms with Gasteiger partial charge in [-0.3, -0.25) is 14.9 Å². The van der Waals surface area contributed by atoms with Gasteiger partial charge in [0.2, 0.25) is 0 Å². The van der Waals surface area contributed by atoms with Crippen LogP contribution >= 0.6 is 0 Å². The summed E-state index contributed by atoms with van der Waals surface area (Å²) < 4.78 is 15.6. The van der Waals surface area contributed by atoms with Crippen LogP contribution in [0.3, 0.4) is 0 Å². The van der Waals surface area contributed by atoms with E-state index >= 15 is 0 Å². The number of hydrogen-bond acceptors (Lipinski definition) is 7. The molecule has 0 bridgehead atoms. The number of ether oxygens (including phenoxy) is 3. The summed E-state index contributed by atoms with van der Waals surface area (Å²) in [5.41, 5.74) is -0.396. The number of amides is 1. The van der Waals surface area contributed by atoms with Crippen molar-refractivity contribution in [1.82, 2.24) is 10.6 Å². The highest BCUT2D eigenvalue weighted by Gasteiger charge is 2.29. The first-order valence-corrected chi connectivity index (χ1v) is 8.87. The Morgan fingerprint density at radius 2 is 1.96 bits per heavy atom. The van der Waals surface area contributed by atoms with Crippen LogP contribution in [-0.2, 0) is 4.74 Å². The predicted molar refractivity (Wildman–Crippen MR) is 99.6 cm³/mol. The van der Waals surface area contributed by atoms with Crippen molar-refractivity contribution in [1.29, 1.82) is 0 Å². The quantitative estimate of drug-likeness (QED) is 0.381. The van der Waals surface area contributed by atoms with Crippen LogP contribution in [0.25, 0.3) is 0 Å². The zero-order chi connectivity index (χ0) is 19.9. The minimum absolute atomic E-state index is 0.0248. The van der Waals surface area contributed by atoms with Gasteiger partial charge in [-0.15, -0.1) is 0 Å². The molecule has 2 rings (SSSR count). The average Bonchev–Trinajstić information content (AvgIpc) is 2.66. The van der Waals surface area contributed by atoms with Gasteiger partial charge in [0.15, 0.2) is 11.5 Å². The number of benzene rings is 1. The predicted octanol–water partition coefficient (Wildman–Crippen LogP) is 1.75. The largest absolute Gasteiger partial charge is 0.493 e. The maximum atomic E-state index is 12.6. The number of hydrogen-bond donors (Lipinski definition) is 2. The summed E-state index contributed by atoms with van der Waals surface area (Å²) in [6.07, 6.45) is 1.87. The molecule has 150 valence electrons. The van der Waals surface area contributed by atoms with Gasteiger partial charge in [0.05, 0.1) is 24.7 Å². The molecule has 1 amide bonds. The van der Waals surface area contributed by atoms with Crippen molar-refractivity contribution in [3.05, 3.63) is 27.8 Å². The normalized spacial score (nSPS) is 15.8. The van der Waals surface area contributed by atoms with E-state index in [1.54, 1.807) is 0 Å². The smallest absolute Gasteiger partial charge is 0.286 e. The van der Waals surface area contributed by atoms with Gasteiger partial charge in [-0.1, -0.05) is 6.92 Å². The van der Waals surface area contributed by atoms with Gasteiger partial charge in [0.25, 0.3) is 11.6 Å². The first-order chi connectivity index (χ1) is 12.9. The van der Waals surface area contributed by atoms with E-state index in [-0.39, 0.29) is 34.8 Å². The van der Waals surface area contributed by atoms with Crippen molar-refractivity contribution in [3.8, 4) is 11.5 Å². The number of nitro groups is 1. The van der Waals surface area contributed by atoms with Gasteiger partial charge in [0, 0.05) is 19.7 Å². The van der Waals surface area contributed by atoms with E-state index in [4.69, 9.17) is 14.2 Å².